The molecule has 4 rings (SSSR count). The van der Waals surface area contributed by atoms with Gasteiger partial charge in [-0.15, -0.1) is 11.3 Å². The highest BCUT2D eigenvalue weighted by atomic mass is 35.5. The van der Waals surface area contributed by atoms with Gasteiger partial charge in [0.1, 0.15) is 5.69 Å². The van der Waals surface area contributed by atoms with Gasteiger partial charge >= 0.3 is 0 Å². The van der Waals surface area contributed by atoms with Crippen molar-refractivity contribution < 1.29 is 10.0 Å². The lowest BCUT2D eigenvalue weighted by molar-refractivity contribution is 0.0701. The summed E-state index contributed by atoms with van der Waals surface area (Å²) in [6.07, 6.45) is 1.66. The number of carbonyl (C=O) groups is 1. The number of nitrogens with zero attached hydrogens (tertiary/aromatic N) is 2. The summed E-state index contributed by atoms with van der Waals surface area (Å²) in [6, 6.07) is 13.6. The van der Waals surface area contributed by atoms with Gasteiger partial charge in [0.25, 0.3) is 5.91 Å². The van der Waals surface area contributed by atoms with Crippen LogP contribution in [0.15, 0.2) is 48.7 Å². The van der Waals surface area contributed by atoms with Gasteiger partial charge in [0.05, 0.1) is 22.6 Å². The molecule has 0 aliphatic heterocycles. The molecular formula is C17H12ClN3O2S. The summed E-state index contributed by atoms with van der Waals surface area (Å²) in [4.78, 5) is 17.0. The number of halogens is 1. The summed E-state index contributed by atoms with van der Waals surface area (Å²) in [5, 5.41) is 10.8. The van der Waals surface area contributed by atoms with Gasteiger partial charge in [0.2, 0.25) is 0 Å². The van der Waals surface area contributed by atoms with Crippen molar-refractivity contribution in [3.63, 3.8) is 0 Å². The minimum Gasteiger partial charge on any atom is -0.334 e. The Morgan fingerprint density at radius 3 is 2.79 bits per heavy atom. The van der Waals surface area contributed by atoms with E-state index in [1.165, 1.54) is 0 Å². The Kier molecular flexibility index (Phi) is 3.72. The Hall–Kier alpha value is -2.41. The van der Waals surface area contributed by atoms with Crippen molar-refractivity contribution in [2.45, 2.75) is 6.54 Å². The first kappa shape index (κ1) is 15.1. The monoisotopic (exact) mass is 357 g/mol. The molecule has 4 aromatic rings. The predicted octanol–water partition coefficient (Wildman–Crippen LogP) is 4.07. The Labute approximate surface area is 146 Å². The molecule has 3 aromatic heterocycles. The van der Waals surface area contributed by atoms with Crippen LogP contribution >= 0.6 is 22.9 Å². The molecule has 24 heavy (non-hydrogen) atoms. The van der Waals surface area contributed by atoms with Gasteiger partial charge in [0.15, 0.2) is 0 Å². The zero-order valence-electron chi connectivity index (χ0n) is 12.4. The van der Waals surface area contributed by atoms with Crippen LogP contribution in [0.3, 0.4) is 0 Å². The highest BCUT2D eigenvalue weighted by Crippen LogP contribution is 2.31. The maximum Gasteiger partial charge on any atom is 0.293 e. The van der Waals surface area contributed by atoms with E-state index in [1.807, 2.05) is 36.4 Å². The highest BCUT2D eigenvalue weighted by Gasteiger charge is 2.15. The molecule has 5 nitrogen and oxygen atoms in total. The van der Waals surface area contributed by atoms with E-state index in [4.69, 9.17) is 16.8 Å². The number of fused-ring (bicyclic) bond motifs is 3. The zero-order valence-corrected chi connectivity index (χ0v) is 13.9. The molecule has 0 spiro atoms. The topological polar surface area (TPSA) is 67.2 Å². The first-order valence-corrected chi connectivity index (χ1v) is 8.42. The third-order valence-corrected chi connectivity index (χ3v) is 5.15. The van der Waals surface area contributed by atoms with Crippen molar-refractivity contribution in [1.29, 1.82) is 0 Å². The molecule has 0 radical (unpaired) electrons. The largest absolute Gasteiger partial charge is 0.334 e. The van der Waals surface area contributed by atoms with E-state index in [-0.39, 0.29) is 5.69 Å². The van der Waals surface area contributed by atoms with Crippen LogP contribution in [-0.4, -0.2) is 20.7 Å². The second kappa shape index (κ2) is 5.90. The standard InChI is InChI=1S/C17H12ClN3O2S/c18-16-6-5-10(24-16)9-21-14-4-2-1-3-11(14)12-7-13(17(22)20-23)19-8-15(12)21/h1-8,23H,9H2,(H,20,22). The van der Waals surface area contributed by atoms with E-state index >= 15 is 0 Å². The fraction of sp³-hybridized carbons (Fsp3) is 0.0588. The van der Waals surface area contributed by atoms with Gasteiger partial charge in [-0.1, -0.05) is 29.8 Å². The molecule has 0 saturated carbocycles. The second-order valence-corrected chi connectivity index (χ2v) is 7.14. The van der Waals surface area contributed by atoms with Gasteiger partial charge in [-0.25, -0.2) is 10.5 Å². The number of pyridine rings is 1. The Morgan fingerprint density at radius 2 is 2.04 bits per heavy atom. The quantitative estimate of drug-likeness (QED) is 0.429. The van der Waals surface area contributed by atoms with Crippen LogP contribution in [0.25, 0.3) is 21.8 Å². The molecule has 7 heteroatoms. The number of rotatable bonds is 3. The number of nitrogens with one attached hydrogen (secondary N) is 1. The Bertz CT molecular complexity index is 1070. The molecule has 1 aromatic carbocycles. The second-order valence-electron chi connectivity index (χ2n) is 5.34. The van der Waals surface area contributed by atoms with Crippen molar-refractivity contribution in [2.75, 3.05) is 0 Å². The number of hydrogen-bond acceptors (Lipinski definition) is 4. The van der Waals surface area contributed by atoms with Crippen LogP contribution < -0.4 is 5.48 Å². The summed E-state index contributed by atoms with van der Waals surface area (Å²) in [6.45, 7) is 0.675. The van der Waals surface area contributed by atoms with Crippen LogP contribution in [-0.2, 0) is 6.54 Å². The van der Waals surface area contributed by atoms with E-state index in [0.29, 0.717) is 6.54 Å². The number of aromatic nitrogens is 2. The van der Waals surface area contributed by atoms with Crippen LogP contribution in [0.4, 0.5) is 0 Å². The van der Waals surface area contributed by atoms with Crippen LogP contribution in [0.5, 0.6) is 0 Å². The molecule has 0 aliphatic rings. The van der Waals surface area contributed by atoms with Gasteiger partial charge in [0, 0.05) is 21.2 Å². The van der Waals surface area contributed by atoms with E-state index in [0.717, 1.165) is 31.0 Å². The van der Waals surface area contributed by atoms with Crippen LogP contribution in [0.1, 0.15) is 15.4 Å². The molecular weight excluding hydrogens is 346 g/mol. The van der Waals surface area contributed by atoms with Crippen molar-refractivity contribution in [1.82, 2.24) is 15.0 Å². The van der Waals surface area contributed by atoms with Crippen LogP contribution in [0.2, 0.25) is 4.34 Å². The number of benzene rings is 1. The number of thiophene rings is 1. The highest BCUT2D eigenvalue weighted by molar-refractivity contribution is 7.16. The average Bonchev–Trinajstić information content (AvgIpc) is 3.16. The molecule has 0 atom stereocenters. The Morgan fingerprint density at radius 1 is 1.21 bits per heavy atom. The normalized spacial score (nSPS) is 11.2. The first-order valence-electron chi connectivity index (χ1n) is 7.23. The maximum absolute atomic E-state index is 11.7. The smallest absolute Gasteiger partial charge is 0.293 e. The molecule has 0 saturated heterocycles. The summed E-state index contributed by atoms with van der Waals surface area (Å²) in [5.41, 5.74) is 3.78. The average molecular weight is 358 g/mol. The summed E-state index contributed by atoms with van der Waals surface area (Å²) >= 11 is 7.58. The van der Waals surface area contributed by atoms with Crippen molar-refractivity contribution in [3.8, 4) is 0 Å². The third kappa shape index (κ3) is 2.45. The molecule has 120 valence electrons. The van der Waals surface area contributed by atoms with Gasteiger partial charge in [-0.2, -0.15) is 0 Å². The zero-order chi connectivity index (χ0) is 16.7. The minimum absolute atomic E-state index is 0.173. The fourth-order valence-electron chi connectivity index (χ4n) is 2.89. The SMILES string of the molecule is O=C(NO)c1cc2c3ccccc3n(Cc3ccc(Cl)s3)c2cn1. The van der Waals surface area contributed by atoms with E-state index < -0.39 is 5.91 Å². The summed E-state index contributed by atoms with van der Waals surface area (Å²) in [7, 11) is 0. The summed E-state index contributed by atoms with van der Waals surface area (Å²) < 4.78 is 2.91. The van der Waals surface area contributed by atoms with Gasteiger partial charge in [-0.3, -0.25) is 10.0 Å². The number of para-hydroxylation sites is 1. The van der Waals surface area contributed by atoms with Crippen molar-refractivity contribution >= 4 is 50.7 Å². The lowest BCUT2D eigenvalue weighted by atomic mass is 10.1. The van der Waals surface area contributed by atoms with E-state index in [9.17, 15) is 4.79 Å². The van der Waals surface area contributed by atoms with Crippen LogP contribution in [0, 0.1) is 0 Å². The molecule has 3 heterocycles. The number of carbonyl (C=O) groups excluding carboxylic acids is 1. The third-order valence-electron chi connectivity index (χ3n) is 3.94. The molecule has 0 unspecified atom stereocenters. The molecule has 0 aliphatic carbocycles. The van der Waals surface area contributed by atoms with Gasteiger partial charge in [-0.05, 0) is 24.3 Å². The molecule has 0 bridgehead atoms. The minimum atomic E-state index is -0.626. The lowest BCUT2D eigenvalue weighted by Gasteiger charge is -2.05. The van der Waals surface area contributed by atoms with E-state index in [2.05, 4.69) is 9.55 Å². The maximum atomic E-state index is 11.7. The van der Waals surface area contributed by atoms with Gasteiger partial charge < -0.3 is 4.57 Å². The van der Waals surface area contributed by atoms with E-state index in [1.54, 1.807) is 29.1 Å². The Balaban J connectivity index is 1.95. The van der Waals surface area contributed by atoms with Crippen molar-refractivity contribution in [2.24, 2.45) is 0 Å². The lowest BCUT2D eigenvalue weighted by Crippen LogP contribution is -2.19. The number of amides is 1. The first-order chi connectivity index (χ1) is 11.7. The predicted molar refractivity (Wildman–Crippen MR) is 94.9 cm³/mol. The molecule has 1 amide bonds. The fourth-order valence-corrected chi connectivity index (χ4v) is 3.97. The number of hydroxylamine groups is 1. The summed E-state index contributed by atoms with van der Waals surface area (Å²) in [5.74, 6) is -0.626. The molecule has 2 N–H and O–H groups in total. The van der Waals surface area contributed by atoms with Crippen molar-refractivity contribution in [3.05, 3.63) is 63.6 Å². The molecule has 0 fully saturated rings. The number of hydrogen-bond donors (Lipinski definition) is 2.